The first-order valence-electron chi connectivity index (χ1n) is 4.62. The van der Waals surface area contributed by atoms with Crippen LogP contribution in [0.2, 0.25) is 0 Å². The van der Waals surface area contributed by atoms with Gasteiger partial charge in [0.25, 0.3) is 0 Å². The van der Waals surface area contributed by atoms with Gasteiger partial charge in [-0.25, -0.2) is 0 Å². The smallest absolute Gasteiger partial charge is 0.320 e. The van der Waals surface area contributed by atoms with Crippen LogP contribution in [0.25, 0.3) is 0 Å². The number of carbonyl (C=O) groups excluding carboxylic acids is 2. The first kappa shape index (κ1) is 12.9. The average Bonchev–Trinajstić information content (AvgIpc) is 2.01. The molecule has 0 amide bonds. The van der Waals surface area contributed by atoms with Crippen LogP contribution in [0.1, 0.15) is 34.1 Å². The second-order valence-corrected chi connectivity index (χ2v) is 4.02. The average molecular weight is 202 g/mol. The predicted octanol–water partition coefficient (Wildman–Crippen LogP) is 1.53. The van der Waals surface area contributed by atoms with E-state index in [4.69, 9.17) is 4.74 Å². The van der Waals surface area contributed by atoms with Crippen LogP contribution in [0.15, 0.2) is 0 Å². The van der Waals surface area contributed by atoms with Gasteiger partial charge in [0.05, 0.1) is 7.11 Å². The topological polar surface area (TPSA) is 52.6 Å². The van der Waals surface area contributed by atoms with Crippen LogP contribution in [0.4, 0.5) is 0 Å². The van der Waals surface area contributed by atoms with Gasteiger partial charge in [0.2, 0.25) is 0 Å². The van der Waals surface area contributed by atoms with E-state index >= 15 is 0 Å². The highest BCUT2D eigenvalue weighted by Gasteiger charge is 2.30. The van der Waals surface area contributed by atoms with Gasteiger partial charge >= 0.3 is 11.9 Å². The Morgan fingerprint density at radius 3 is 2.00 bits per heavy atom. The van der Waals surface area contributed by atoms with Crippen LogP contribution in [0.5, 0.6) is 0 Å². The second-order valence-electron chi connectivity index (χ2n) is 4.02. The maximum Gasteiger partial charge on any atom is 0.320 e. The van der Waals surface area contributed by atoms with Gasteiger partial charge in [-0.1, -0.05) is 6.92 Å². The van der Waals surface area contributed by atoms with E-state index in [-0.39, 0.29) is 0 Å². The number of ether oxygens (including phenoxy) is 2. The van der Waals surface area contributed by atoms with Crippen LogP contribution in [0.3, 0.4) is 0 Å². The number of carbonyl (C=O) groups is 2. The van der Waals surface area contributed by atoms with Crippen molar-refractivity contribution in [3.63, 3.8) is 0 Å². The molecule has 82 valence electrons. The Morgan fingerprint density at radius 2 is 1.71 bits per heavy atom. The van der Waals surface area contributed by atoms with Crippen molar-refractivity contribution in [1.82, 2.24) is 0 Å². The van der Waals surface area contributed by atoms with Crippen LogP contribution in [0, 0.1) is 5.92 Å². The van der Waals surface area contributed by atoms with E-state index in [2.05, 4.69) is 4.74 Å². The van der Waals surface area contributed by atoms with E-state index in [9.17, 15) is 9.59 Å². The molecule has 0 radical (unpaired) electrons. The van der Waals surface area contributed by atoms with E-state index in [1.807, 2.05) is 0 Å². The Morgan fingerprint density at radius 1 is 1.21 bits per heavy atom. The fourth-order valence-corrected chi connectivity index (χ4v) is 0.945. The molecule has 0 aliphatic carbocycles. The van der Waals surface area contributed by atoms with Gasteiger partial charge in [-0.15, -0.1) is 0 Å². The van der Waals surface area contributed by atoms with Crippen molar-refractivity contribution >= 4 is 11.9 Å². The fourth-order valence-electron chi connectivity index (χ4n) is 0.945. The van der Waals surface area contributed by atoms with Crippen molar-refractivity contribution in [2.24, 2.45) is 5.92 Å². The summed E-state index contributed by atoms with van der Waals surface area (Å²) in [6.45, 7) is 7.02. The van der Waals surface area contributed by atoms with Gasteiger partial charge in [-0.3, -0.25) is 9.59 Å². The number of methoxy groups -OCH3 is 1. The second kappa shape index (κ2) is 4.98. The number of esters is 2. The summed E-state index contributed by atoms with van der Waals surface area (Å²) in [5.41, 5.74) is -0.571. The Bertz CT molecular complexity index is 215. The lowest BCUT2D eigenvalue weighted by atomic mass is 10.1. The summed E-state index contributed by atoms with van der Waals surface area (Å²) in [4.78, 5) is 22.6. The summed E-state index contributed by atoms with van der Waals surface area (Å²) < 4.78 is 9.57. The molecule has 0 N–H and O–H groups in total. The van der Waals surface area contributed by atoms with E-state index < -0.39 is 23.5 Å². The van der Waals surface area contributed by atoms with E-state index in [0.29, 0.717) is 6.42 Å². The lowest BCUT2D eigenvalue weighted by Gasteiger charge is -2.22. The Kier molecular flexibility index (Phi) is 4.60. The molecule has 0 spiro atoms. The molecule has 0 aliphatic heterocycles. The van der Waals surface area contributed by atoms with Crippen LogP contribution < -0.4 is 0 Å². The summed E-state index contributed by atoms with van der Waals surface area (Å²) in [5, 5.41) is 0. The van der Waals surface area contributed by atoms with Gasteiger partial charge in [-0.2, -0.15) is 0 Å². The summed E-state index contributed by atoms with van der Waals surface area (Å²) >= 11 is 0. The molecule has 0 fully saturated rings. The van der Waals surface area contributed by atoms with Crippen molar-refractivity contribution in [2.45, 2.75) is 39.7 Å². The summed E-state index contributed by atoms with van der Waals surface area (Å²) in [6.07, 6.45) is 0.390. The highest BCUT2D eigenvalue weighted by atomic mass is 16.6. The molecule has 0 aromatic rings. The Balaban J connectivity index is 4.40. The maximum absolute atomic E-state index is 11.5. The SMILES string of the molecule is CCC(C(=O)OC)C(=O)OC(C)(C)C. The molecule has 0 aromatic carbocycles. The normalized spacial score (nSPS) is 13.2. The van der Waals surface area contributed by atoms with E-state index in [1.165, 1.54) is 7.11 Å². The Labute approximate surface area is 84.6 Å². The molecule has 4 nitrogen and oxygen atoms in total. The van der Waals surface area contributed by atoms with Crippen LogP contribution in [-0.4, -0.2) is 24.6 Å². The first-order chi connectivity index (χ1) is 6.31. The minimum absolute atomic E-state index is 0.390. The standard InChI is InChI=1S/C10H18O4/c1-6-7(8(11)13-5)9(12)14-10(2,3)4/h7H,6H2,1-5H3. The molecule has 14 heavy (non-hydrogen) atoms. The van der Waals surface area contributed by atoms with Crippen molar-refractivity contribution in [1.29, 1.82) is 0 Å². The lowest BCUT2D eigenvalue weighted by molar-refractivity contribution is -0.168. The van der Waals surface area contributed by atoms with Gasteiger partial charge in [0.15, 0.2) is 5.92 Å². The number of hydrogen-bond donors (Lipinski definition) is 0. The van der Waals surface area contributed by atoms with Crippen molar-refractivity contribution in [3.05, 3.63) is 0 Å². The molecule has 1 atom stereocenters. The molecule has 4 heteroatoms. The Hall–Kier alpha value is -1.06. The third-order valence-corrected chi connectivity index (χ3v) is 1.59. The third kappa shape index (κ3) is 4.25. The van der Waals surface area contributed by atoms with Gasteiger partial charge < -0.3 is 9.47 Å². The van der Waals surface area contributed by atoms with Crippen molar-refractivity contribution < 1.29 is 19.1 Å². The van der Waals surface area contributed by atoms with Crippen molar-refractivity contribution in [2.75, 3.05) is 7.11 Å². The highest BCUT2D eigenvalue weighted by Crippen LogP contribution is 2.14. The van der Waals surface area contributed by atoms with Gasteiger partial charge in [0.1, 0.15) is 5.60 Å². The number of rotatable bonds is 3. The van der Waals surface area contributed by atoms with Gasteiger partial charge in [0, 0.05) is 0 Å². The molecule has 0 aliphatic rings. The summed E-state index contributed by atoms with van der Waals surface area (Å²) in [5.74, 6) is -1.87. The van der Waals surface area contributed by atoms with Crippen molar-refractivity contribution in [3.8, 4) is 0 Å². The predicted molar refractivity (Wildman–Crippen MR) is 51.6 cm³/mol. The highest BCUT2D eigenvalue weighted by molar-refractivity contribution is 5.94. The molecule has 0 bridgehead atoms. The first-order valence-corrected chi connectivity index (χ1v) is 4.62. The molecule has 0 aromatic heterocycles. The molecule has 0 saturated carbocycles. The summed E-state index contributed by atoms with van der Waals surface area (Å²) in [6, 6.07) is 0. The maximum atomic E-state index is 11.5. The van der Waals surface area contributed by atoms with Crippen LogP contribution >= 0.6 is 0 Å². The molecule has 0 saturated heterocycles. The molecular weight excluding hydrogens is 184 g/mol. The molecule has 0 rings (SSSR count). The zero-order chi connectivity index (χ0) is 11.4. The van der Waals surface area contributed by atoms with Gasteiger partial charge in [-0.05, 0) is 27.2 Å². The van der Waals surface area contributed by atoms with Crippen LogP contribution in [-0.2, 0) is 19.1 Å². The third-order valence-electron chi connectivity index (χ3n) is 1.59. The van der Waals surface area contributed by atoms with E-state index in [1.54, 1.807) is 27.7 Å². The summed E-state index contributed by atoms with van der Waals surface area (Å²) in [7, 11) is 1.26. The largest absolute Gasteiger partial charge is 0.468 e. The monoisotopic (exact) mass is 202 g/mol. The molecule has 0 heterocycles. The minimum Gasteiger partial charge on any atom is -0.468 e. The quantitative estimate of drug-likeness (QED) is 0.514. The van der Waals surface area contributed by atoms with E-state index in [0.717, 1.165) is 0 Å². The molecular formula is C10H18O4. The zero-order valence-electron chi connectivity index (χ0n) is 9.42. The molecule has 1 unspecified atom stereocenters. The lowest BCUT2D eigenvalue weighted by Crippen LogP contribution is -2.33. The zero-order valence-corrected chi connectivity index (χ0v) is 9.42. The fraction of sp³-hybridized carbons (Fsp3) is 0.800. The minimum atomic E-state index is -0.806. The number of hydrogen-bond acceptors (Lipinski definition) is 4.